The lowest BCUT2D eigenvalue weighted by molar-refractivity contribution is -0.145. The molecule has 148 valence electrons. The number of rotatable bonds is 9. The minimum atomic E-state index is -0.730. The van der Waals surface area contributed by atoms with E-state index in [0.717, 1.165) is 24.9 Å². The van der Waals surface area contributed by atoms with E-state index in [1.165, 1.54) is 7.11 Å². The number of methoxy groups -OCH3 is 1. The average molecular weight is 377 g/mol. The van der Waals surface area contributed by atoms with Crippen molar-refractivity contribution in [3.05, 3.63) is 35.9 Å². The molecular formula is C19H27N3O5. The molecule has 2 rings (SSSR count). The average Bonchev–Trinajstić information content (AvgIpc) is 3.23. The van der Waals surface area contributed by atoms with Crippen LogP contribution < -0.4 is 16.0 Å². The van der Waals surface area contributed by atoms with Crippen LogP contribution in [0.3, 0.4) is 0 Å². The van der Waals surface area contributed by atoms with Crippen LogP contribution in [0.25, 0.3) is 0 Å². The molecule has 0 spiro atoms. The van der Waals surface area contributed by atoms with Gasteiger partial charge >= 0.3 is 12.1 Å². The molecule has 1 heterocycles. The van der Waals surface area contributed by atoms with Crippen LogP contribution in [0.15, 0.2) is 30.3 Å². The Kier molecular flexibility index (Phi) is 8.57. The van der Waals surface area contributed by atoms with Crippen molar-refractivity contribution in [2.75, 3.05) is 20.2 Å². The van der Waals surface area contributed by atoms with Crippen molar-refractivity contribution in [2.45, 2.75) is 44.4 Å². The predicted octanol–water partition coefficient (Wildman–Crippen LogP) is 1.10. The Hall–Kier alpha value is -2.61. The molecule has 27 heavy (non-hydrogen) atoms. The molecule has 2 amide bonds. The number of ether oxygens (including phenoxy) is 2. The number of amides is 2. The van der Waals surface area contributed by atoms with Crippen LogP contribution in [0.2, 0.25) is 0 Å². The first-order valence-electron chi connectivity index (χ1n) is 9.16. The molecule has 3 N–H and O–H groups in total. The van der Waals surface area contributed by atoms with Crippen molar-refractivity contribution >= 4 is 18.0 Å². The highest BCUT2D eigenvalue weighted by atomic mass is 16.5. The van der Waals surface area contributed by atoms with Crippen LogP contribution in [-0.4, -0.2) is 50.3 Å². The summed E-state index contributed by atoms with van der Waals surface area (Å²) < 4.78 is 9.87. The van der Waals surface area contributed by atoms with Gasteiger partial charge in [0.15, 0.2) is 0 Å². The monoisotopic (exact) mass is 377 g/mol. The molecule has 8 nitrogen and oxygen atoms in total. The van der Waals surface area contributed by atoms with E-state index in [4.69, 9.17) is 9.47 Å². The van der Waals surface area contributed by atoms with Gasteiger partial charge in [-0.2, -0.15) is 0 Å². The van der Waals surface area contributed by atoms with Crippen molar-refractivity contribution in [1.29, 1.82) is 0 Å². The van der Waals surface area contributed by atoms with E-state index in [1.807, 2.05) is 30.3 Å². The van der Waals surface area contributed by atoms with Crippen LogP contribution in [0.1, 0.15) is 31.2 Å². The number of nitrogens with one attached hydrogen (secondary N) is 3. The normalized spacial score (nSPS) is 17.0. The Morgan fingerprint density at radius 3 is 2.70 bits per heavy atom. The van der Waals surface area contributed by atoms with Crippen LogP contribution in [0.4, 0.5) is 4.79 Å². The van der Waals surface area contributed by atoms with E-state index in [1.54, 1.807) is 0 Å². The Morgan fingerprint density at radius 1 is 1.26 bits per heavy atom. The maximum Gasteiger partial charge on any atom is 0.407 e. The molecule has 0 aromatic heterocycles. The number of hydrogen-bond acceptors (Lipinski definition) is 6. The van der Waals surface area contributed by atoms with Gasteiger partial charge in [0, 0.05) is 6.54 Å². The highest BCUT2D eigenvalue weighted by Gasteiger charge is 2.27. The molecule has 0 bridgehead atoms. The van der Waals surface area contributed by atoms with E-state index >= 15 is 0 Å². The van der Waals surface area contributed by atoms with Gasteiger partial charge in [-0.25, -0.2) is 9.59 Å². The Balaban J connectivity index is 1.67. The number of esters is 1. The lowest BCUT2D eigenvalue weighted by Crippen LogP contribution is -2.48. The van der Waals surface area contributed by atoms with Gasteiger partial charge in [0.05, 0.1) is 13.2 Å². The predicted molar refractivity (Wildman–Crippen MR) is 98.8 cm³/mol. The van der Waals surface area contributed by atoms with Crippen molar-refractivity contribution in [3.63, 3.8) is 0 Å². The van der Waals surface area contributed by atoms with Crippen LogP contribution in [0.5, 0.6) is 0 Å². The Labute approximate surface area is 159 Å². The topological polar surface area (TPSA) is 106 Å². The zero-order valence-corrected chi connectivity index (χ0v) is 15.5. The summed E-state index contributed by atoms with van der Waals surface area (Å²) in [6.45, 7) is 1.33. The molecule has 1 fully saturated rings. The molecule has 2 atom stereocenters. The SMILES string of the molecule is COC(=O)C(CCCNC(=O)OCc1ccccc1)NC(=O)C1CCCN1. The minimum Gasteiger partial charge on any atom is -0.467 e. The summed E-state index contributed by atoms with van der Waals surface area (Å²) in [5.41, 5.74) is 0.904. The molecule has 2 unspecified atom stereocenters. The van der Waals surface area contributed by atoms with Gasteiger partial charge in [0.2, 0.25) is 5.91 Å². The fraction of sp³-hybridized carbons (Fsp3) is 0.526. The summed E-state index contributed by atoms with van der Waals surface area (Å²) in [6, 6.07) is 8.39. The maximum atomic E-state index is 12.2. The molecule has 1 aliphatic rings. The first kappa shape index (κ1) is 20.7. The summed E-state index contributed by atoms with van der Waals surface area (Å²) in [4.78, 5) is 35.7. The van der Waals surface area contributed by atoms with Crippen LogP contribution >= 0.6 is 0 Å². The number of hydrogen-bond donors (Lipinski definition) is 3. The van der Waals surface area contributed by atoms with Crippen molar-refractivity contribution in [2.24, 2.45) is 0 Å². The second-order valence-corrected chi connectivity index (χ2v) is 6.36. The molecule has 0 saturated carbocycles. The molecule has 1 aromatic rings. The fourth-order valence-corrected chi connectivity index (χ4v) is 2.84. The lowest BCUT2D eigenvalue weighted by atomic mass is 10.1. The number of alkyl carbamates (subject to hydrolysis) is 1. The molecule has 0 aliphatic carbocycles. The van der Waals surface area contributed by atoms with Gasteiger partial charge < -0.3 is 25.4 Å². The summed E-state index contributed by atoms with van der Waals surface area (Å²) in [6.07, 6.45) is 2.04. The molecule has 1 aliphatic heterocycles. The first-order chi connectivity index (χ1) is 13.1. The highest BCUT2D eigenvalue weighted by molar-refractivity contribution is 5.87. The van der Waals surface area contributed by atoms with Crippen molar-refractivity contribution in [1.82, 2.24) is 16.0 Å². The third kappa shape index (κ3) is 7.26. The smallest absolute Gasteiger partial charge is 0.407 e. The third-order valence-electron chi connectivity index (χ3n) is 4.33. The van der Waals surface area contributed by atoms with Gasteiger partial charge in [0.25, 0.3) is 0 Å². The van der Waals surface area contributed by atoms with Crippen molar-refractivity contribution < 1.29 is 23.9 Å². The number of carbonyl (C=O) groups is 3. The summed E-state index contributed by atoms with van der Waals surface area (Å²) >= 11 is 0. The van der Waals surface area contributed by atoms with Crippen LogP contribution in [-0.2, 0) is 25.7 Å². The van der Waals surface area contributed by atoms with Gasteiger partial charge in [-0.05, 0) is 37.8 Å². The molecule has 1 aromatic carbocycles. The second kappa shape index (κ2) is 11.2. The largest absolute Gasteiger partial charge is 0.467 e. The summed E-state index contributed by atoms with van der Waals surface area (Å²) in [5.74, 6) is -0.689. The van der Waals surface area contributed by atoms with Crippen LogP contribution in [0, 0.1) is 0 Å². The fourth-order valence-electron chi connectivity index (χ4n) is 2.84. The summed E-state index contributed by atoms with van der Waals surface area (Å²) in [5, 5.41) is 8.45. The number of carbonyl (C=O) groups excluding carboxylic acids is 3. The Bertz CT molecular complexity index is 617. The standard InChI is InChI=1S/C19H27N3O5/c1-26-18(24)16(22-17(23)15-9-5-11-20-15)10-6-12-21-19(25)27-13-14-7-3-2-4-8-14/h2-4,7-8,15-16,20H,5-6,9-13H2,1H3,(H,21,25)(H,22,23). The molecule has 0 radical (unpaired) electrons. The zero-order chi connectivity index (χ0) is 19.5. The van der Waals surface area contributed by atoms with Gasteiger partial charge in [0.1, 0.15) is 12.6 Å². The molecule has 8 heteroatoms. The molecular weight excluding hydrogens is 350 g/mol. The zero-order valence-electron chi connectivity index (χ0n) is 15.5. The van der Waals surface area contributed by atoms with Gasteiger partial charge in [-0.1, -0.05) is 30.3 Å². The lowest BCUT2D eigenvalue weighted by Gasteiger charge is -2.19. The van der Waals surface area contributed by atoms with E-state index in [0.29, 0.717) is 19.4 Å². The minimum absolute atomic E-state index is 0.196. The molecule has 1 saturated heterocycles. The van der Waals surface area contributed by atoms with E-state index in [2.05, 4.69) is 16.0 Å². The second-order valence-electron chi connectivity index (χ2n) is 6.36. The first-order valence-corrected chi connectivity index (χ1v) is 9.16. The van der Waals surface area contributed by atoms with Gasteiger partial charge in [-0.15, -0.1) is 0 Å². The third-order valence-corrected chi connectivity index (χ3v) is 4.33. The Morgan fingerprint density at radius 2 is 2.04 bits per heavy atom. The highest BCUT2D eigenvalue weighted by Crippen LogP contribution is 2.07. The maximum absolute atomic E-state index is 12.2. The quantitative estimate of drug-likeness (QED) is 0.440. The van der Waals surface area contributed by atoms with E-state index in [-0.39, 0.29) is 18.6 Å². The van der Waals surface area contributed by atoms with Gasteiger partial charge in [-0.3, -0.25) is 4.79 Å². The number of benzene rings is 1. The van der Waals surface area contributed by atoms with E-state index < -0.39 is 18.1 Å². The van der Waals surface area contributed by atoms with Crippen molar-refractivity contribution in [3.8, 4) is 0 Å². The van der Waals surface area contributed by atoms with E-state index in [9.17, 15) is 14.4 Å². The summed E-state index contributed by atoms with van der Waals surface area (Å²) in [7, 11) is 1.29.